The van der Waals surface area contributed by atoms with Crippen LogP contribution in [0.25, 0.3) is 22.6 Å². The Morgan fingerprint density at radius 3 is 2.46 bits per heavy atom. The summed E-state index contributed by atoms with van der Waals surface area (Å²) < 4.78 is 5.91. The number of ketones is 1. The van der Waals surface area contributed by atoms with Gasteiger partial charge in [0, 0.05) is 24.6 Å². The average molecular weight is 379 g/mol. The van der Waals surface area contributed by atoms with Crippen LogP contribution in [-0.2, 0) is 18.4 Å². The standard InChI is InChI=1S/C20H21N5O3/c1-11-6-7-15(8-12(11)2)25-13(3)9-23-16-17(21-19(23)25)22(5)20(28)24(18(16)27)10-14(4)26/h6-9H,10H2,1-5H3. The third-order valence-corrected chi connectivity index (χ3v) is 5.16. The van der Waals surface area contributed by atoms with E-state index in [1.54, 1.807) is 11.4 Å². The second-order valence-corrected chi connectivity index (χ2v) is 7.26. The molecule has 0 radical (unpaired) electrons. The first-order chi connectivity index (χ1) is 13.2. The molecule has 0 atom stereocenters. The number of aryl methyl sites for hydroxylation is 4. The van der Waals surface area contributed by atoms with E-state index in [1.165, 1.54) is 17.1 Å². The van der Waals surface area contributed by atoms with Crippen molar-refractivity contribution in [3.05, 3.63) is 62.1 Å². The highest BCUT2D eigenvalue weighted by molar-refractivity contribution is 5.78. The molecule has 0 saturated carbocycles. The van der Waals surface area contributed by atoms with Gasteiger partial charge in [-0.2, -0.15) is 4.98 Å². The molecule has 28 heavy (non-hydrogen) atoms. The molecular formula is C20H21N5O3. The van der Waals surface area contributed by atoms with Gasteiger partial charge in [-0.1, -0.05) is 6.07 Å². The van der Waals surface area contributed by atoms with Gasteiger partial charge in [-0.3, -0.25) is 27.7 Å². The van der Waals surface area contributed by atoms with Gasteiger partial charge in [-0.05, 0) is 51.0 Å². The van der Waals surface area contributed by atoms with E-state index >= 15 is 0 Å². The van der Waals surface area contributed by atoms with Crippen molar-refractivity contribution in [3.8, 4) is 5.69 Å². The number of benzene rings is 1. The van der Waals surface area contributed by atoms with Crippen LogP contribution in [0.5, 0.6) is 0 Å². The Balaban J connectivity index is 2.12. The summed E-state index contributed by atoms with van der Waals surface area (Å²) >= 11 is 0. The first kappa shape index (κ1) is 18.0. The van der Waals surface area contributed by atoms with Crippen LogP contribution in [0.2, 0.25) is 0 Å². The van der Waals surface area contributed by atoms with Crippen LogP contribution in [0.4, 0.5) is 0 Å². The molecule has 4 aromatic rings. The molecule has 0 amide bonds. The highest BCUT2D eigenvalue weighted by atomic mass is 16.2. The number of rotatable bonds is 3. The van der Waals surface area contributed by atoms with Gasteiger partial charge in [0.05, 0.1) is 6.54 Å². The molecule has 0 saturated heterocycles. The highest BCUT2D eigenvalue weighted by Gasteiger charge is 2.21. The van der Waals surface area contributed by atoms with Crippen LogP contribution in [0.3, 0.4) is 0 Å². The van der Waals surface area contributed by atoms with Crippen molar-refractivity contribution in [3.63, 3.8) is 0 Å². The van der Waals surface area contributed by atoms with E-state index in [4.69, 9.17) is 0 Å². The molecule has 8 heteroatoms. The van der Waals surface area contributed by atoms with Crippen molar-refractivity contribution < 1.29 is 4.79 Å². The fourth-order valence-corrected chi connectivity index (χ4v) is 3.56. The summed E-state index contributed by atoms with van der Waals surface area (Å²) in [6.07, 6.45) is 1.82. The van der Waals surface area contributed by atoms with E-state index in [1.807, 2.05) is 43.7 Å². The van der Waals surface area contributed by atoms with Crippen molar-refractivity contribution in [2.75, 3.05) is 0 Å². The predicted octanol–water partition coefficient (Wildman–Crippen LogP) is 1.65. The number of aromatic nitrogens is 5. The van der Waals surface area contributed by atoms with Gasteiger partial charge in [-0.15, -0.1) is 0 Å². The summed E-state index contributed by atoms with van der Waals surface area (Å²) in [5.74, 6) is 0.284. The van der Waals surface area contributed by atoms with Gasteiger partial charge in [0.2, 0.25) is 5.78 Å². The van der Waals surface area contributed by atoms with E-state index in [2.05, 4.69) is 11.1 Å². The lowest BCUT2D eigenvalue weighted by atomic mass is 10.1. The minimum absolute atomic E-state index is 0.258. The highest BCUT2D eigenvalue weighted by Crippen LogP contribution is 2.22. The third kappa shape index (κ3) is 2.45. The van der Waals surface area contributed by atoms with Crippen molar-refractivity contribution >= 4 is 22.7 Å². The molecule has 0 aliphatic heterocycles. The SMILES string of the molecule is CC(=O)Cn1c(=O)c2c(nc3n(-c4ccc(C)c(C)c4)c(C)cn23)n(C)c1=O. The summed E-state index contributed by atoms with van der Waals surface area (Å²) in [7, 11) is 1.56. The van der Waals surface area contributed by atoms with Gasteiger partial charge in [-0.25, -0.2) is 4.79 Å². The van der Waals surface area contributed by atoms with Crippen molar-refractivity contribution in [1.82, 2.24) is 23.1 Å². The van der Waals surface area contributed by atoms with Crippen molar-refractivity contribution in [2.45, 2.75) is 34.2 Å². The Kier molecular flexibility index (Phi) is 3.88. The van der Waals surface area contributed by atoms with Crippen LogP contribution in [0.1, 0.15) is 23.7 Å². The smallest absolute Gasteiger partial charge is 0.298 e. The summed E-state index contributed by atoms with van der Waals surface area (Å²) in [5, 5.41) is 0. The zero-order valence-electron chi connectivity index (χ0n) is 16.5. The maximum atomic E-state index is 13.0. The van der Waals surface area contributed by atoms with Gasteiger partial charge < -0.3 is 0 Å². The largest absolute Gasteiger partial charge is 0.332 e. The van der Waals surface area contributed by atoms with E-state index in [-0.39, 0.29) is 17.8 Å². The fourth-order valence-electron chi connectivity index (χ4n) is 3.56. The molecular weight excluding hydrogens is 358 g/mol. The number of nitrogens with zero attached hydrogens (tertiary/aromatic N) is 5. The zero-order valence-corrected chi connectivity index (χ0v) is 16.5. The summed E-state index contributed by atoms with van der Waals surface area (Å²) in [6.45, 7) is 7.12. The number of carbonyl (C=O) groups is 1. The Morgan fingerprint density at radius 1 is 1.11 bits per heavy atom. The number of imidazole rings is 2. The zero-order chi connectivity index (χ0) is 20.3. The normalized spacial score (nSPS) is 11.6. The minimum atomic E-state index is -0.553. The maximum absolute atomic E-state index is 13.0. The molecule has 0 aliphatic carbocycles. The Hall–Kier alpha value is -3.42. The third-order valence-electron chi connectivity index (χ3n) is 5.16. The van der Waals surface area contributed by atoms with E-state index in [9.17, 15) is 14.4 Å². The molecule has 4 rings (SSSR count). The molecule has 0 bridgehead atoms. The number of Topliss-reactive ketones (excluding diaryl/α,β-unsaturated/α-hetero) is 1. The minimum Gasteiger partial charge on any atom is -0.298 e. The molecule has 0 N–H and O–H groups in total. The monoisotopic (exact) mass is 379 g/mol. The van der Waals surface area contributed by atoms with Crippen LogP contribution in [0, 0.1) is 20.8 Å². The lowest BCUT2D eigenvalue weighted by Crippen LogP contribution is -2.40. The van der Waals surface area contributed by atoms with Crippen molar-refractivity contribution in [1.29, 1.82) is 0 Å². The fraction of sp³-hybridized carbons (Fsp3) is 0.300. The number of hydrogen-bond donors (Lipinski definition) is 0. The second kappa shape index (κ2) is 6.05. The van der Waals surface area contributed by atoms with Gasteiger partial charge in [0.1, 0.15) is 5.78 Å². The quantitative estimate of drug-likeness (QED) is 0.542. The van der Waals surface area contributed by atoms with Gasteiger partial charge >= 0.3 is 5.69 Å². The summed E-state index contributed by atoms with van der Waals surface area (Å²) in [6, 6.07) is 6.11. The van der Waals surface area contributed by atoms with E-state index in [0.717, 1.165) is 21.5 Å². The van der Waals surface area contributed by atoms with Crippen LogP contribution in [0.15, 0.2) is 34.0 Å². The summed E-state index contributed by atoms with van der Waals surface area (Å²) in [5.41, 5.74) is 3.68. The number of hydrogen-bond acceptors (Lipinski definition) is 4. The molecule has 144 valence electrons. The van der Waals surface area contributed by atoms with Gasteiger partial charge in [0.15, 0.2) is 11.2 Å². The maximum Gasteiger partial charge on any atom is 0.332 e. The lowest BCUT2D eigenvalue weighted by molar-refractivity contribution is -0.117. The van der Waals surface area contributed by atoms with Crippen LogP contribution < -0.4 is 11.2 Å². The Labute approximate surface area is 160 Å². The Morgan fingerprint density at radius 2 is 1.82 bits per heavy atom. The first-order valence-corrected chi connectivity index (χ1v) is 8.97. The van der Waals surface area contributed by atoms with Crippen LogP contribution in [-0.4, -0.2) is 28.9 Å². The lowest BCUT2D eigenvalue weighted by Gasteiger charge is -2.08. The molecule has 3 heterocycles. The summed E-state index contributed by atoms with van der Waals surface area (Å²) in [4.78, 5) is 41.7. The average Bonchev–Trinajstić information content (AvgIpc) is 3.14. The van der Waals surface area contributed by atoms with Crippen LogP contribution >= 0.6 is 0 Å². The topological polar surface area (TPSA) is 83.3 Å². The molecule has 8 nitrogen and oxygen atoms in total. The van der Waals surface area contributed by atoms with E-state index < -0.39 is 11.2 Å². The van der Waals surface area contributed by atoms with Gasteiger partial charge in [0.25, 0.3) is 5.56 Å². The number of carbonyl (C=O) groups excluding carboxylic acids is 1. The molecule has 0 aliphatic rings. The molecule has 0 fully saturated rings. The van der Waals surface area contributed by atoms with E-state index in [0.29, 0.717) is 11.4 Å². The second-order valence-electron chi connectivity index (χ2n) is 7.26. The molecule has 0 unspecified atom stereocenters. The van der Waals surface area contributed by atoms with Crippen molar-refractivity contribution in [2.24, 2.45) is 7.05 Å². The Bertz CT molecular complexity index is 1400. The molecule has 3 aromatic heterocycles. The molecule has 1 aromatic carbocycles. The predicted molar refractivity (Wildman–Crippen MR) is 106 cm³/mol. The molecule has 0 spiro atoms. The first-order valence-electron chi connectivity index (χ1n) is 8.97. The number of fused-ring (bicyclic) bond motifs is 3.